The van der Waals surface area contributed by atoms with Gasteiger partial charge in [0.2, 0.25) is 0 Å². The van der Waals surface area contributed by atoms with Gasteiger partial charge in [0.25, 0.3) is 0 Å². The molecule has 0 radical (unpaired) electrons. The summed E-state index contributed by atoms with van der Waals surface area (Å²) in [4.78, 5) is 0. The van der Waals surface area contributed by atoms with E-state index in [4.69, 9.17) is 5.21 Å². The fourth-order valence-electron chi connectivity index (χ4n) is 0.547. The summed E-state index contributed by atoms with van der Waals surface area (Å²) in [6, 6.07) is 0. The van der Waals surface area contributed by atoms with Crippen LogP contribution >= 0.6 is 0 Å². The fourth-order valence-corrected chi connectivity index (χ4v) is 0.547. The van der Waals surface area contributed by atoms with Crippen molar-refractivity contribution in [2.24, 2.45) is 16.5 Å². The van der Waals surface area contributed by atoms with Crippen molar-refractivity contribution in [1.29, 1.82) is 0 Å². The van der Waals surface area contributed by atoms with Crippen molar-refractivity contribution in [3.05, 3.63) is 0 Å². The summed E-state index contributed by atoms with van der Waals surface area (Å²) in [5, 5.41) is 11.7. The predicted molar refractivity (Wildman–Crippen MR) is 43.5 cm³/mol. The van der Waals surface area contributed by atoms with Crippen LogP contribution in [0.5, 0.6) is 0 Å². The third kappa shape index (κ3) is 1.72. The van der Waals surface area contributed by atoms with E-state index in [1.54, 1.807) is 0 Å². The van der Waals surface area contributed by atoms with E-state index in [1.807, 2.05) is 6.92 Å². The first-order valence-corrected chi connectivity index (χ1v) is 3.62. The van der Waals surface area contributed by atoms with Crippen LogP contribution in [0.1, 0.15) is 34.6 Å². The highest BCUT2D eigenvalue weighted by Crippen LogP contribution is 2.27. The van der Waals surface area contributed by atoms with Crippen LogP contribution in [0.25, 0.3) is 0 Å². The molecule has 0 fully saturated rings. The van der Waals surface area contributed by atoms with Crippen molar-refractivity contribution in [2.75, 3.05) is 0 Å². The Labute approximate surface area is 62.9 Å². The van der Waals surface area contributed by atoms with Gasteiger partial charge < -0.3 is 5.21 Å². The Kier molecular flexibility index (Phi) is 2.88. The van der Waals surface area contributed by atoms with Gasteiger partial charge in [-0.15, -0.1) is 0 Å². The van der Waals surface area contributed by atoms with E-state index in [0.717, 1.165) is 5.71 Å². The lowest BCUT2D eigenvalue weighted by Crippen LogP contribution is -2.27. The van der Waals surface area contributed by atoms with Gasteiger partial charge in [0.15, 0.2) is 0 Å². The molecule has 0 aliphatic carbocycles. The Morgan fingerprint density at radius 2 is 1.80 bits per heavy atom. The largest absolute Gasteiger partial charge is 0.411 e. The maximum Gasteiger partial charge on any atom is 0.0598 e. The number of nitrogens with zero attached hydrogens (tertiary/aromatic N) is 1. The highest BCUT2D eigenvalue weighted by molar-refractivity contribution is 5.86. The van der Waals surface area contributed by atoms with Crippen LogP contribution in [-0.4, -0.2) is 10.9 Å². The number of hydrogen-bond acceptors (Lipinski definition) is 2. The molecule has 0 aliphatic heterocycles. The number of oxime groups is 1. The highest BCUT2D eigenvalue weighted by atomic mass is 16.4. The van der Waals surface area contributed by atoms with E-state index in [0.29, 0.717) is 5.92 Å². The molecule has 60 valence electrons. The minimum Gasteiger partial charge on any atom is -0.411 e. The third-order valence-corrected chi connectivity index (χ3v) is 2.53. The number of rotatable bonds is 2. The van der Waals surface area contributed by atoms with E-state index >= 15 is 0 Å². The van der Waals surface area contributed by atoms with Gasteiger partial charge in [-0.05, 0) is 12.8 Å². The Bertz CT molecular complexity index is 136. The third-order valence-electron chi connectivity index (χ3n) is 2.53. The van der Waals surface area contributed by atoms with Gasteiger partial charge in [-0.2, -0.15) is 0 Å². The minimum atomic E-state index is 0.00868. The molecule has 1 N–H and O–H groups in total. The zero-order valence-electron chi connectivity index (χ0n) is 7.47. The summed E-state index contributed by atoms with van der Waals surface area (Å²) in [5.74, 6) is 0.503. The van der Waals surface area contributed by atoms with Crippen LogP contribution < -0.4 is 0 Å². The molecule has 0 bridgehead atoms. The average Bonchev–Trinajstić information content (AvgIpc) is 1.86. The Hall–Kier alpha value is -0.530. The van der Waals surface area contributed by atoms with E-state index < -0.39 is 0 Å². The second-order valence-corrected chi connectivity index (χ2v) is 3.56. The quantitative estimate of drug-likeness (QED) is 0.359. The van der Waals surface area contributed by atoms with Crippen LogP contribution in [0.3, 0.4) is 0 Å². The smallest absolute Gasteiger partial charge is 0.0598 e. The molecular formula is C8H17NO. The second-order valence-electron chi connectivity index (χ2n) is 3.56. The maximum atomic E-state index is 8.51. The Morgan fingerprint density at radius 1 is 1.40 bits per heavy atom. The Morgan fingerprint density at radius 3 is 1.90 bits per heavy atom. The summed E-state index contributed by atoms with van der Waals surface area (Å²) in [5.41, 5.74) is 0.803. The second kappa shape index (κ2) is 3.04. The summed E-state index contributed by atoms with van der Waals surface area (Å²) < 4.78 is 0. The molecule has 0 rings (SSSR count). The topological polar surface area (TPSA) is 32.6 Å². The summed E-state index contributed by atoms with van der Waals surface area (Å²) >= 11 is 0. The van der Waals surface area contributed by atoms with Gasteiger partial charge in [-0.3, -0.25) is 0 Å². The van der Waals surface area contributed by atoms with E-state index in [1.165, 1.54) is 0 Å². The molecule has 0 atom stereocenters. The van der Waals surface area contributed by atoms with Crippen molar-refractivity contribution in [3.8, 4) is 0 Å². The molecule has 0 saturated carbocycles. The van der Waals surface area contributed by atoms with Crippen molar-refractivity contribution >= 4 is 5.71 Å². The average molecular weight is 143 g/mol. The Balaban J connectivity index is 4.40. The first kappa shape index (κ1) is 9.47. The van der Waals surface area contributed by atoms with Crippen LogP contribution in [0.2, 0.25) is 0 Å². The molecular weight excluding hydrogens is 126 g/mol. The zero-order chi connectivity index (χ0) is 8.36. The fraction of sp³-hybridized carbons (Fsp3) is 0.875. The summed E-state index contributed by atoms with van der Waals surface area (Å²) in [7, 11) is 0. The van der Waals surface area contributed by atoms with E-state index in [9.17, 15) is 0 Å². The monoisotopic (exact) mass is 143 g/mol. The van der Waals surface area contributed by atoms with Crippen molar-refractivity contribution in [2.45, 2.75) is 34.6 Å². The van der Waals surface area contributed by atoms with Gasteiger partial charge in [0.1, 0.15) is 0 Å². The molecule has 2 heteroatoms. The van der Waals surface area contributed by atoms with Crippen LogP contribution in [-0.2, 0) is 0 Å². The van der Waals surface area contributed by atoms with Gasteiger partial charge in [0.05, 0.1) is 5.71 Å². The van der Waals surface area contributed by atoms with Crippen LogP contribution in [0.4, 0.5) is 0 Å². The molecule has 0 aromatic heterocycles. The molecule has 0 amide bonds. The zero-order valence-corrected chi connectivity index (χ0v) is 7.47. The standard InChI is InChI=1S/C8H17NO/c1-6(2)8(4,5)7(3)9-10/h6,10H,1-5H3/b9-7+. The summed E-state index contributed by atoms with van der Waals surface area (Å²) in [6.45, 7) is 10.2. The number of hydrogen-bond donors (Lipinski definition) is 1. The van der Waals surface area contributed by atoms with Gasteiger partial charge in [-0.25, -0.2) is 0 Å². The minimum absolute atomic E-state index is 0.00868. The molecule has 0 aromatic carbocycles. The molecule has 0 spiro atoms. The van der Waals surface area contributed by atoms with E-state index in [2.05, 4.69) is 32.9 Å². The first-order valence-electron chi connectivity index (χ1n) is 3.62. The SMILES string of the molecule is C/C(=N\O)C(C)(C)C(C)C. The van der Waals surface area contributed by atoms with Crippen LogP contribution in [0, 0.1) is 11.3 Å². The van der Waals surface area contributed by atoms with Crippen molar-refractivity contribution in [3.63, 3.8) is 0 Å². The van der Waals surface area contributed by atoms with Gasteiger partial charge >= 0.3 is 0 Å². The highest BCUT2D eigenvalue weighted by Gasteiger charge is 2.25. The summed E-state index contributed by atoms with van der Waals surface area (Å²) in [6.07, 6.45) is 0. The predicted octanol–water partition coefficient (Wildman–Crippen LogP) is 2.52. The maximum absolute atomic E-state index is 8.51. The normalized spacial score (nSPS) is 14.4. The van der Waals surface area contributed by atoms with Crippen LogP contribution in [0.15, 0.2) is 5.16 Å². The lowest BCUT2D eigenvalue weighted by atomic mass is 9.77. The lowest BCUT2D eigenvalue weighted by molar-refractivity contribution is 0.292. The van der Waals surface area contributed by atoms with Crippen molar-refractivity contribution < 1.29 is 5.21 Å². The van der Waals surface area contributed by atoms with Gasteiger partial charge in [0, 0.05) is 5.41 Å². The molecule has 0 aliphatic rings. The lowest BCUT2D eigenvalue weighted by Gasteiger charge is -2.27. The van der Waals surface area contributed by atoms with Crippen molar-refractivity contribution in [1.82, 2.24) is 0 Å². The molecule has 0 heterocycles. The first-order chi connectivity index (χ1) is 4.42. The van der Waals surface area contributed by atoms with Gasteiger partial charge in [-0.1, -0.05) is 32.9 Å². The molecule has 2 nitrogen and oxygen atoms in total. The molecule has 0 saturated heterocycles. The molecule has 0 unspecified atom stereocenters. The molecule has 10 heavy (non-hydrogen) atoms. The molecule has 0 aromatic rings. The van der Waals surface area contributed by atoms with E-state index in [-0.39, 0.29) is 5.41 Å².